The Morgan fingerprint density at radius 3 is 2.67 bits per heavy atom. The zero-order chi connectivity index (χ0) is 15.0. The van der Waals surface area contributed by atoms with E-state index in [0.29, 0.717) is 18.5 Å². The normalized spacial score (nSPS) is 23.7. The molecule has 21 heavy (non-hydrogen) atoms. The number of hydrogen-bond donors (Lipinski definition) is 2. The minimum Gasteiger partial charge on any atom is -0.399 e. The topological polar surface area (TPSA) is 89.3 Å². The Balaban J connectivity index is 1.73. The van der Waals surface area contributed by atoms with E-state index in [1.54, 1.807) is 6.07 Å². The highest BCUT2D eigenvalue weighted by molar-refractivity contribution is 6.06. The summed E-state index contributed by atoms with van der Waals surface area (Å²) in [6.07, 6.45) is 2.25. The molecule has 0 aromatic heterocycles. The maximum Gasteiger partial charge on any atom is 0.231 e. The highest BCUT2D eigenvalue weighted by Gasteiger charge is 2.52. The molecule has 1 aromatic rings. The first-order chi connectivity index (χ1) is 10.0. The molecule has 3 N–H and O–H groups in total. The van der Waals surface area contributed by atoms with Crippen LogP contribution in [-0.4, -0.2) is 23.5 Å². The van der Waals surface area contributed by atoms with Crippen LogP contribution in [0.15, 0.2) is 24.3 Å². The molecule has 1 amide bonds. The molecule has 5 nitrogen and oxygen atoms in total. The van der Waals surface area contributed by atoms with Crippen molar-refractivity contribution in [3.8, 4) is 0 Å². The van der Waals surface area contributed by atoms with Gasteiger partial charge in [-0.15, -0.1) is 0 Å². The van der Waals surface area contributed by atoms with Gasteiger partial charge in [0.1, 0.15) is 5.78 Å². The monoisotopic (exact) mass is 286 g/mol. The number of ketones is 2. The lowest BCUT2D eigenvalue weighted by atomic mass is 9.90. The summed E-state index contributed by atoms with van der Waals surface area (Å²) >= 11 is 0. The van der Waals surface area contributed by atoms with Gasteiger partial charge in [0.2, 0.25) is 5.91 Å². The van der Waals surface area contributed by atoms with Gasteiger partial charge < -0.3 is 11.1 Å². The Kier molecular flexibility index (Phi) is 3.27. The molecule has 0 heterocycles. The van der Waals surface area contributed by atoms with Gasteiger partial charge in [-0.2, -0.15) is 0 Å². The summed E-state index contributed by atoms with van der Waals surface area (Å²) in [5, 5.41) is 2.83. The number of anilines is 1. The fourth-order valence-electron chi connectivity index (χ4n) is 2.93. The van der Waals surface area contributed by atoms with Crippen molar-refractivity contribution in [3.63, 3.8) is 0 Å². The summed E-state index contributed by atoms with van der Waals surface area (Å²) in [4.78, 5) is 35.6. The van der Waals surface area contributed by atoms with Crippen LogP contribution in [0.25, 0.3) is 0 Å². The Morgan fingerprint density at radius 1 is 1.29 bits per heavy atom. The smallest absolute Gasteiger partial charge is 0.231 e. The van der Waals surface area contributed by atoms with Gasteiger partial charge in [-0.3, -0.25) is 14.4 Å². The molecule has 2 fully saturated rings. The molecule has 110 valence electrons. The third-order valence-electron chi connectivity index (χ3n) is 4.40. The number of benzene rings is 1. The van der Waals surface area contributed by atoms with E-state index >= 15 is 0 Å². The fraction of sp³-hybridized carbons (Fsp3) is 0.438. The van der Waals surface area contributed by atoms with Gasteiger partial charge in [-0.05, 0) is 37.0 Å². The summed E-state index contributed by atoms with van der Waals surface area (Å²) in [7, 11) is 0. The first kappa shape index (κ1) is 13.8. The van der Waals surface area contributed by atoms with E-state index in [2.05, 4.69) is 5.32 Å². The van der Waals surface area contributed by atoms with Crippen LogP contribution in [0, 0.1) is 0 Å². The number of amides is 1. The Hall–Kier alpha value is -2.17. The summed E-state index contributed by atoms with van der Waals surface area (Å²) in [6, 6.07) is 6.82. The second-order valence-corrected chi connectivity index (χ2v) is 5.95. The van der Waals surface area contributed by atoms with Gasteiger partial charge >= 0.3 is 0 Å². The standard InChI is InChI=1S/C16H18N2O3/c17-11-3-1-2-10(8-11)16(6-7-16)15(21)18-13-5-4-12(19)9-14(13)20/h1-3,8,13H,4-7,9,17H2,(H,18,21). The van der Waals surface area contributed by atoms with Crippen LogP contribution in [0.1, 0.15) is 37.7 Å². The maximum absolute atomic E-state index is 12.5. The van der Waals surface area contributed by atoms with Crippen molar-refractivity contribution in [2.24, 2.45) is 0 Å². The number of Topliss-reactive ketones (excluding diaryl/α,β-unsaturated/α-hetero) is 2. The minimum atomic E-state index is -0.545. The van der Waals surface area contributed by atoms with E-state index in [1.807, 2.05) is 18.2 Å². The first-order valence-electron chi connectivity index (χ1n) is 7.23. The van der Waals surface area contributed by atoms with Crippen molar-refractivity contribution in [1.29, 1.82) is 0 Å². The molecule has 0 bridgehead atoms. The molecule has 1 unspecified atom stereocenters. The second kappa shape index (κ2) is 4.98. The van der Waals surface area contributed by atoms with Gasteiger partial charge in [0.15, 0.2) is 5.78 Å². The number of carbonyl (C=O) groups is 3. The van der Waals surface area contributed by atoms with Gasteiger partial charge in [0, 0.05) is 12.1 Å². The van der Waals surface area contributed by atoms with E-state index in [1.165, 1.54) is 0 Å². The van der Waals surface area contributed by atoms with E-state index in [0.717, 1.165) is 18.4 Å². The van der Waals surface area contributed by atoms with Crippen LogP contribution in [0.5, 0.6) is 0 Å². The molecule has 0 aliphatic heterocycles. The molecule has 1 aromatic carbocycles. The maximum atomic E-state index is 12.5. The van der Waals surface area contributed by atoms with Crippen molar-refractivity contribution in [2.45, 2.75) is 43.6 Å². The zero-order valence-corrected chi connectivity index (χ0v) is 11.7. The average Bonchev–Trinajstić information content (AvgIpc) is 3.23. The molecule has 5 heteroatoms. The summed E-state index contributed by atoms with van der Waals surface area (Å²) in [6.45, 7) is 0. The number of hydrogen-bond acceptors (Lipinski definition) is 4. The van der Waals surface area contributed by atoms with Crippen LogP contribution in [0.4, 0.5) is 5.69 Å². The number of carbonyl (C=O) groups excluding carboxylic acids is 3. The summed E-state index contributed by atoms with van der Waals surface area (Å²) < 4.78 is 0. The zero-order valence-electron chi connectivity index (χ0n) is 11.7. The van der Waals surface area contributed by atoms with Crippen molar-refractivity contribution < 1.29 is 14.4 Å². The summed E-state index contributed by atoms with van der Waals surface area (Å²) in [5.74, 6) is -0.341. The third kappa shape index (κ3) is 2.55. The fourth-order valence-corrected chi connectivity index (χ4v) is 2.93. The Bertz CT molecular complexity index is 620. The molecule has 0 radical (unpaired) electrons. The predicted molar refractivity (Wildman–Crippen MR) is 77.6 cm³/mol. The van der Waals surface area contributed by atoms with Crippen LogP contribution in [0.3, 0.4) is 0 Å². The number of nitrogen functional groups attached to an aromatic ring is 1. The largest absolute Gasteiger partial charge is 0.399 e. The van der Waals surface area contributed by atoms with Gasteiger partial charge in [-0.25, -0.2) is 0 Å². The van der Waals surface area contributed by atoms with Crippen LogP contribution >= 0.6 is 0 Å². The Labute approximate surface area is 122 Å². The van der Waals surface area contributed by atoms with Crippen LogP contribution in [-0.2, 0) is 19.8 Å². The lowest BCUT2D eigenvalue weighted by Crippen LogP contribution is -2.48. The van der Waals surface area contributed by atoms with Crippen molar-refractivity contribution >= 4 is 23.2 Å². The molecule has 1 atom stereocenters. The van der Waals surface area contributed by atoms with Crippen molar-refractivity contribution in [3.05, 3.63) is 29.8 Å². The molecule has 2 saturated carbocycles. The lowest BCUT2D eigenvalue weighted by Gasteiger charge is -2.24. The van der Waals surface area contributed by atoms with E-state index < -0.39 is 11.5 Å². The van der Waals surface area contributed by atoms with Crippen molar-refractivity contribution in [1.82, 2.24) is 5.32 Å². The lowest BCUT2D eigenvalue weighted by molar-refractivity contribution is -0.135. The molecular formula is C16H18N2O3. The van der Waals surface area contributed by atoms with E-state index in [4.69, 9.17) is 5.73 Å². The van der Waals surface area contributed by atoms with E-state index in [-0.39, 0.29) is 23.9 Å². The number of rotatable bonds is 3. The number of nitrogens with two attached hydrogens (primary N) is 1. The molecular weight excluding hydrogens is 268 g/mol. The van der Waals surface area contributed by atoms with Gasteiger partial charge in [0.25, 0.3) is 0 Å². The SMILES string of the molecule is Nc1cccc(C2(C(=O)NC3CCC(=O)CC3=O)CC2)c1. The third-order valence-corrected chi connectivity index (χ3v) is 4.40. The summed E-state index contributed by atoms with van der Waals surface area (Å²) in [5.41, 5.74) is 6.77. The van der Waals surface area contributed by atoms with Gasteiger partial charge in [-0.1, -0.05) is 12.1 Å². The minimum absolute atomic E-state index is 0.0394. The molecule has 2 aliphatic rings. The first-order valence-corrected chi connectivity index (χ1v) is 7.23. The average molecular weight is 286 g/mol. The van der Waals surface area contributed by atoms with Crippen molar-refractivity contribution in [2.75, 3.05) is 5.73 Å². The van der Waals surface area contributed by atoms with E-state index in [9.17, 15) is 14.4 Å². The highest BCUT2D eigenvalue weighted by atomic mass is 16.2. The van der Waals surface area contributed by atoms with Crippen LogP contribution in [0.2, 0.25) is 0 Å². The molecule has 2 aliphatic carbocycles. The quantitative estimate of drug-likeness (QED) is 0.643. The number of nitrogens with one attached hydrogen (secondary N) is 1. The molecule has 3 rings (SSSR count). The van der Waals surface area contributed by atoms with Gasteiger partial charge in [0.05, 0.1) is 17.9 Å². The Morgan fingerprint density at radius 2 is 2.05 bits per heavy atom. The second-order valence-electron chi connectivity index (χ2n) is 5.95. The predicted octanol–water partition coefficient (Wildman–Crippen LogP) is 1.11. The molecule has 0 saturated heterocycles. The highest BCUT2D eigenvalue weighted by Crippen LogP contribution is 2.48. The molecule has 0 spiro atoms. The van der Waals surface area contributed by atoms with Crippen LogP contribution < -0.4 is 11.1 Å².